The molecule has 1 heterocycles. The van der Waals surface area contributed by atoms with Crippen molar-refractivity contribution in [2.24, 2.45) is 5.73 Å². The van der Waals surface area contributed by atoms with Crippen LogP contribution in [-0.2, 0) is 0 Å². The fraction of sp³-hybridized carbons (Fsp3) is 0.286. The molecule has 0 unspecified atom stereocenters. The second-order valence-corrected chi connectivity index (χ2v) is 5.44. The quantitative estimate of drug-likeness (QED) is 0.825. The number of rotatable bonds is 5. The summed E-state index contributed by atoms with van der Waals surface area (Å²) in [5, 5.41) is 0. The van der Waals surface area contributed by atoms with Gasteiger partial charge < -0.3 is 10.6 Å². The van der Waals surface area contributed by atoms with E-state index in [4.69, 9.17) is 5.73 Å². The average molecular weight is 368 g/mol. The average Bonchev–Trinajstić information content (AvgIpc) is 2.42. The van der Waals surface area contributed by atoms with Crippen molar-refractivity contribution < 1.29 is 0 Å². The van der Waals surface area contributed by atoms with E-state index in [2.05, 4.69) is 56.5 Å². The maximum atomic E-state index is 5.65. The highest BCUT2D eigenvalue weighted by atomic mass is 127. The van der Waals surface area contributed by atoms with Crippen LogP contribution >= 0.6 is 22.6 Å². The zero-order valence-electron chi connectivity index (χ0n) is 10.9. The Balaban J connectivity index is 2.42. The van der Waals surface area contributed by atoms with Gasteiger partial charge in [-0.05, 0) is 54.1 Å². The van der Waals surface area contributed by atoms with Gasteiger partial charge >= 0.3 is 0 Å². The van der Waals surface area contributed by atoms with Crippen LogP contribution in [0.3, 0.4) is 0 Å². The van der Waals surface area contributed by atoms with E-state index < -0.39 is 0 Å². The Morgan fingerprint density at radius 3 is 2.79 bits per heavy atom. The molecule has 0 bridgehead atoms. The molecule has 0 amide bonds. The van der Waals surface area contributed by atoms with Gasteiger partial charge in [-0.3, -0.25) is 0 Å². The van der Waals surface area contributed by atoms with E-state index in [0.717, 1.165) is 22.4 Å². The van der Waals surface area contributed by atoms with E-state index in [1.807, 2.05) is 18.3 Å². The number of anilines is 2. The van der Waals surface area contributed by atoms with Gasteiger partial charge in [0.25, 0.3) is 0 Å². The van der Waals surface area contributed by atoms with Crippen LogP contribution in [0.2, 0.25) is 0 Å². The van der Waals surface area contributed by atoms with Crippen LogP contribution in [0.15, 0.2) is 36.8 Å². The highest BCUT2D eigenvalue weighted by Gasteiger charge is 2.14. The molecule has 0 saturated carbocycles. The first-order valence-corrected chi connectivity index (χ1v) is 7.30. The normalized spacial score (nSPS) is 10.5. The van der Waals surface area contributed by atoms with Crippen LogP contribution in [0.1, 0.15) is 12.0 Å². The Morgan fingerprint density at radius 1 is 1.32 bits per heavy atom. The molecule has 19 heavy (non-hydrogen) atoms. The van der Waals surface area contributed by atoms with E-state index >= 15 is 0 Å². The van der Waals surface area contributed by atoms with Crippen molar-refractivity contribution in [3.63, 3.8) is 0 Å². The molecular formula is C14H17IN4. The molecule has 0 saturated heterocycles. The molecule has 2 aromatic rings. The maximum Gasteiger partial charge on any atom is 0.149 e. The molecule has 1 aromatic carbocycles. The highest BCUT2D eigenvalue weighted by molar-refractivity contribution is 14.1. The number of nitrogens with two attached hydrogens (primary N) is 1. The van der Waals surface area contributed by atoms with Crippen LogP contribution in [0.5, 0.6) is 0 Å². The van der Waals surface area contributed by atoms with Crippen molar-refractivity contribution in [1.82, 2.24) is 9.97 Å². The minimum atomic E-state index is 0.671. The van der Waals surface area contributed by atoms with Gasteiger partial charge in [0, 0.05) is 18.4 Å². The van der Waals surface area contributed by atoms with Crippen molar-refractivity contribution in [2.45, 2.75) is 13.3 Å². The molecule has 0 fully saturated rings. The van der Waals surface area contributed by atoms with Gasteiger partial charge in [0.15, 0.2) is 0 Å². The molecule has 0 aliphatic heterocycles. The van der Waals surface area contributed by atoms with Gasteiger partial charge in [-0.25, -0.2) is 9.97 Å². The molecule has 4 nitrogen and oxygen atoms in total. The van der Waals surface area contributed by atoms with Crippen molar-refractivity contribution >= 4 is 34.1 Å². The van der Waals surface area contributed by atoms with Crippen LogP contribution in [0.4, 0.5) is 11.5 Å². The molecule has 0 spiro atoms. The summed E-state index contributed by atoms with van der Waals surface area (Å²) in [6, 6.07) is 8.32. The first kappa shape index (κ1) is 14.2. The monoisotopic (exact) mass is 368 g/mol. The van der Waals surface area contributed by atoms with Crippen molar-refractivity contribution in [3.05, 3.63) is 45.9 Å². The predicted octanol–water partition coefficient (Wildman–Crippen LogP) is 2.88. The Morgan fingerprint density at radius 2 is 2.11 bits per heavy atom. The van der Waals surface area contributed by atoms with Gasteiger partial charge in [0.1, 0.15) is 12.1 Å². The van der Waals surface area contributed by atoms with E-state index in [9.17, 15) is 0 Å². The molecule has 0 aliphatic carbocycles. The van der Waals surface area contributed by atoms with Crippen molar-refractivity contribution in [2.75, 3.05) is 18.0 Å². The summed E-state index contributed by atoms with van der Waals surface area (Å²) in [6.45, 7) is 3.64. The SMILES string of the molecule is Cc1ccccc1N(CCCN)c1ncncc1I. The van der Waals surface area contributed by atoms with E-state index in [1.165, 1.54) is 11.3 Å². The number of benzene rings is 1. The van der Waals surface area contributed by atoms with Gasteiger partial charge in [-0.1, -0.05) is 18.2 Å². The predicted molar refractivity (Wildman–Crippen MR) is 86.6 cm³/mol. The summed E-state index contributed by atoms with van der Waals surface area (Å²) in [4.78, 5) is 10.7. The number of aryl methyl sites for hydroxylation is 1. The van der Waals surface area contributed by atoms with Crippen LogP contribution in [-0.4, -0.2) is 23.1 Å². The largest absolute Gasteiger partial charge is 0.330 e. The molecule has 0 radical (unpaired) electrons. The first-order chi connectivity index (χ1) is 9.24. The first-order valence-electron chi connectivity index (χ1n) is 6.22. The van der Waals surface area contributed by atoms with Crippen LogP contribution < -0.4 is 10.6 Å². The van der Waals surface area contributed by atoms with Crippen molar-refractivity contribution in [1.29, 1.82) is 0 Å². The van der Waals surface area contributed by atoms with Gasteiger partial charge in [0.05, 0.1) is 3.57 Å². The lowest BCUT2D eigenvalue weighted by Crippen LogP contribution is -2.23. The zero-order chi connectivity index (χ0) is 13.7. The van der Waals surface area contributed by atoms with Crippen molar-refractivity contribution in [3.8, 4) is 0 Å². The lowest BCUT2D eigenvalue weighted by Gasteiger charge is -2.26. The third-order valence-corrected chi connectivity index (χ3v) is 3.66. The zero-order valence-corrected chi connectivity index (χ0v) is 13.0. The maximum absolute atomic E-state index is 5.65. The smallest absolute Gasteiger partial charge is 0.149 e. The van der Waals surface area contributed by atoms with E-state index in [-0.39, 0.29) is 0 Å². The Hall–Kier alpha value is -1.21. The van der Waals surface area contributed by atoms with E-state index in [0.29, 0.717) is 6.54 Å². The highest BCUT2D eigenvalue weighted by Crippen LogP contribution is 2.29. The third kappa shape index (κ3) is 3.42. The number of nitrogens with zero attached hydrogens (tertiary/aromatic N) is 3. The molecule has 1 aromatic heterocycles. The summed E-state index contributed by atoms with van der Waals surface area (Å²) in [6.07, 6.45) is 4.34. The Labute approximate surface area is 127 Å². The number of hydrogen-bond acceptors (Lipinski definition) is 4. The molecule has 100 valence electrons. The Kier molecular flexibility index (Phi) is 5.09. The van der Waals surface area contributed by atoms with Gasteiger partial charge in [-0.2, -0.15) is 0 Å². The van der Waals surface area contributed by atoms with Gasteiger partial charge in [-0.15, -0.1) is 0 Å². The molecule has 0 aliphatic rings. The summed E-state index contributed by atoms with van der Waals surface area (Å²) in [5.41, 5.74) is 8.05. The molecule has 5 heteroatoms. The number of aromatic nitrogens is 2. The lowest BCUT2D eigenvalue weighted by atomic mass is 10.1. The molecule has 2 rings (SSSR count). The van der Waals surface area contributed by atoms with Crippen LogP contribution in [0, 0.1) is 10.5 Å². The second-order valence-electron chi connectivity index (χ2n) is 4.27. The molecule has 2 N–H and O–H groups in total. The molecular weight excluding hydrogens is 351 g/mol. The van der Waals surface area contributed by atoms with Crippen LogP contribution in [0.25, 0.3) is 0 Å². The summed E-state index contributed by atoms with van der Waals surface area (Å²) in [5.74, 6) is 0.943. The summed E-state index contributed by atoms with van der Waals surface area (Å²) >= 11 is 2.27. The van der Waals surface area contributed by atoms with E-state index in [1.54, 1.807) is 6.33 Å². The summed E-state index contributed by atoms with van der Waals surface area (Å²) in [7, 11) is 0. The van der Waals surface area contributed by atoms with Gasteiger partial charge in [0.2, 0.25) is 0 Å². The Bertz CT molecular complexity index is 499. The third-order valence-electron chi connectivity index (χ3n) is 2.90. The number of para-hydroxylation sites is 1. The lowest BCUT2D eigenvalue weighted by molar-refractivity contribution is 0.805. The minimum Gasteiger partial charge on any atom is -0.330 e. The number of hydrogen-bond donors (Lipinski definition) is 1. The molecule has 0 atom stereocenters. The fourth-order valence-corrected chi connectivity index (χ4v) is 2.55. The minimum absolute atomic E-state index is 0.671. The topological polar surface area (TPSA) is 55.0 Å². The number of halogens is 1. The standard InChI is InChI=1S/C14H17IN4/c1-11-5-2-3-6-13(11)19(8-4-7-16)14-12(15)9-17-10-18-14/h2-3,5-6,9-10H,4,7-8,16H2,1H3. The fourth-order valence-electron chi connectivity index (χ4n) is 1.96. The second kappa shape index (κ2) is 6.81. The summed E-state index contributed by atoms with van der Waals surface area (Å²) < 4.78 is 1.04.